The molecule has 2 atom stereocenters. The molecule has 0 aliphatic carbocycles. The Morgan fingerprint density at radius 1 is 1.03 bits per heavy atom. The van der Waals surface area contributed by atoms with Crippen molar-refractivity contribution >= 4 is 23.4 Å². The normalized spacial score (nSPS) is 12.8. The fraction of sp³-hybridized carbons (Fsp3) is 0.550. The van der Waals surface area contributed by atoms with E-state index in [1.807, 2.05) is 32.0 Å². The minimum Gasteiger partial charge on any atom is -0.354 e. The zero-order valence-electron chi connectivity index (χ0n) is 17.7. The smallest absolute Gasteiger partial charge is 0.246 e. The van der Waals surface area contributed by atoms with E-state index in [0.29, 0.717) is 38.2 Å². The summed E-state index contributed by atoms with van der Waals surface area (Å²) in [5, 5.41) is 11.2. The summed E-state index contributed by atoms with van der Waals surface area (Å²) in [5.41, 5.74) is 8.56. The van der Waals surface area contributed by atoms with Gasteiger partial charge >= 0.3 is 0 Å². The molecule has 0 saturated heterocycles. The van der Waals surface area contributed by atoms with Crippen LogP contribution >= 0.6 is 0 Å². The molecule has 0 spiro atoms. The van der Waals surface area contributed by atoms with E-state index in [9.17, 15) is 14.4 Å². The number of hydrogen-bond acceptors (Lipinski definition) is 7. The van der Waals surface area contributed by atoms with Gasteiger partial charge in [0.15, 0.2) is 0 Å². The molecule has 168 valence electrons. The van der Waals surface area contributed by atoms with Gasteiger partial charge in [0.25, 0.3) is 0 Å². The zero-order valence-corrected chi connectivity index (χ0v) is 17.7. The highest BCUT2D eigenvalue weighted by molar-refractivity contribution is 5.98. The van der Waals surface area contributed by atoms with Crippen LogP contribution in [-0.2, 0) is 14.4 Å². The molecule has 0 aromatic heterocycles. The van der Waals surface area contributed by atoms with Crippen molar-refractivity contribution < 1.29 is 14.4 Å². The number of rotatable bonds is 14. The van der Waals surface area contributed by atoms with Crippen LogP contribution in [0.2, 0.25) is 0 Å². The molecule has 2 unspecified atom stereocenters. The van der Waals surface area contributed by atoms with Crippen LogP contribution in [0.3, 0.4) is 0 Å². The minimum atomic E-state index is -0.736. The summed E-state index contributed by atoms with van der Waals surface area (Å²) in [6, 6.07) is 7.66. The van der Waals surface area contributed by atoms with Crippen molar-refractivity contribution in [2.75, 3.05) is 31.5 Å². The van der Waals surface area contributed by atoms with E-state index >= 15 is 0 Å². The molecule has 0 aliphatic rings. The lowest BCUT2D eigenvalue weighted by molar-refractivity contribution is -0.129. The van der Waals surface area contributed by atoms with Gasteiger partial charge in [-0.05, 0) is 30.9 Å². The third-order valence-electron chi connectivity index (χ3n) is 4.39. The summed E-state index contributed by atoms with van der Waals surface area (Å²) >= 11 is 0. The predicted molar refractivity (Wildman–Crippen MR) is 117 cm³/mol. The highest BCUT2D eigenvalue weighted by atomic mass is 16.2. The third kappa shape index (κ3) is 9.79. The molecular formula is C20H35N7O3. The van der Waals surface area contributed by atoms with Crippen LogP contribution in [-0.4, -0.2) is 56.0 Å². The molecule has 1 aromatic carbocycles. The van der Waals surface area contributed by atoms with Crippen molar-refractivity contribution in [2.45, 2.75) is 38.8 Å². The number of nitrogens with two attached hydrogens (primary N) is 2. The van der Waals surface area contributed by atoms with Gasteiger partial charge < -0.3 is 21.7 Å². The maximum Gasteiger partial charge on any atom is 0.246 e. The Bertz CT molecular complexity index is 655. The van der Waals surface area contributed by atoms with E-state index in [-0.39, 0.29) is 30.2 Å². The first-order chi connectivity index (χ1) is 14.4. The number of benzene rings is 1. The molecule has 0 heterocycles. The van der Waals surface area contributed by atoms with Crippen LogP contribution in [0.5, 0.6) is 0 Å². The maximum atomic E-state index is 12.9. The van der Waals surface area contributed by atoms with E-state index in [0.717, 1.165) is 0 Å². The highest BCUT2D eigenvalue weighted by Gasteiger charge is 2.27. The Hall–Kier alpha value is -2.53. The second kappa shape index (κ2) is 14.5. The Kier molecular flexibility index (Phi) is 12.3. The average molecular weight is 422 g/mol. The molecule has 0 aliphatic heterocycles. The van der Waals surface area contributed by atoms with Crippen LogP contribution in [0.15, 0.2) is 30.3 Å². The van der Waals surface area contributed by atoms with E-state index in [1.54, 1.807) is 12.1 Å². The molecule has 1 rings (SSSR count). The first-order valence-electron chi connectivity index (χ1n) is 10.2. The molecule has 3 amide bonds. The summed E-state index contributed by atoms with van der Waals surface area (Å²) in [4.78, 5) is 37.4. The largest absolute Gasteiger partial charge is 0.354 e. The van der Waals surface area contributed by atoms with Crippen molar-refractivity contribution in [3.8, 4) is 0 Å². The minimum absolute atomic E-state index is 0.0196. The molecule has 30 heavy (non-hydrogen) atoms. The molecule has 10 nitrogen and oxygen atoms in total. The van der Waals surface area contributed by atoms with E-state index < -0.39 is 12.1 Å². The monoisotopic (exact) mass is 421 g/mol. The highest BCUT2D eigenvalue weighted by Crippen LogP contribution is 2.09. The summed E-state index contributed by atoms with van der Waals surface area (Å²) in [6.45, 7) is 4.94. The van der Waals surface area contributed by atoms with Gasteiger partial charge in [-0.1, -0.05) is 32.0 Å². The zero-order chi connectivity index (χ0) is 22.4. The molecule has 9 N–H and O–H groups in total. The van der Waals surface area contributed by atoms with Crippen molar-refractivity contribution in [2.24, 2.45) is 17.5 Å². The van der Waals surface area contributed by atoms with Crippen LogP contribution in [0.1, 0.15) is 26.7 Å². The molecule has 0 radical (unpaired) electrons. The topological polar surface area (TPSA) is 163 Å². The summed E-state index contributed by atoms with van der Waals surface area (Å²) < 4.78 is 0. The molecule has 1 aromatic rings. The van der Waals surface area contributed by atoms with Gasteiger partial charge in [0.2, 0.25) is 17.7 Å². The van der Waals surface area contributed by atoms with Gasteiger partial charge in [-0.25, -0.2) is 0 Å². The fourth-order valence-corrected chi connectivity index (χ4v) is 2.80. The molecule has 0 saturated carbocycles. The van der Waals surface area contributed by atoms with Gasteiger partial charge in [0.05, 0.1) is 12.6 Å². The van der Waals surface area contributed by atoms with Crippen LogP contribution < -0.4 is 38.3 Å². The number of carbonyl (C=O) groups is 3. The lowest BCUT2D eigenvalue weighted by Gasteiger charge is -2.25. The fourth-order valence-electron chi connectivity index (χ4n) is 2.80. The van der Waals surface area contributed by atoms with E-state index in [4.69, 9.17) is 11.6 Å². The first-order valence-corrected chi connectivity index (χ1v) is 10.2. The average Bonchev–Trinajstić information content (AvgIpc) is 2.72. The van der Waals surface area contributed by atoms with Crippen LogP contribution in [0.25, 0.3) is 0 Å². The molecular weight excluding hydrogens is 386 g/mol. The Labute approximate surface area is 177 Å². The van der Waals surface area contributed by atoms with Crippen molar-refractivity contribution in [1.82, 2.24) is 21.4 Å². The summed E-state index contributed by atoms with van der Waals surface area (Å²) in [6.07, 6.45) is 1.02. The van der Waals surface area contributed by atoms with Crippen molar-refractivity contribution in [3.63, 3.8) is 0 Å². The van der Waals surface area contributed by atoms with Gasteiger partial charge in [-0.15, -0.1) is 0 Å². The second-order valence-electron chi connectivity index (χ2n) is 7.25. The summed E-state index contributed by atoms with van der Waals surface area (Å²) in [5.74, 6) is 4.33. The Morgan fingerprint density at radius 2 is 1.73 bits per heavy atom. The van der Waals surface area contributed by atoms with Gasteiger partial charge in [0.1, 0.15) is 6.04 Å². The van der Waals surface area contributed by atoms with Crippen molar-refractivity contribution in [1.29, 1.82) is 0 Å². The molecule has 0 bridgehead atoms. The van der Waals surface area contributed by atoms with Crippen LogP contribution in [0.4, 0.5) is 5.69 Å². The number of carbonyl (C=O) groups excluding carboxylic acids is 3. The molecule has 10 heteroatoms. The molecule has 0 fully saturated rings. The Balaban J connectivity index is 2.75. The van der Waals surface area contributed by atoms with Gasteiger partial charge in [-0.2, -0.15) is 0 Å². The lowest BCUT2D eigenvalue weighted by Crippen LogP contribution is -2.54. The SMILES string of the molecule is CC(C)C(NCC(=O)NCCN)C(=O)NC(CCCNN)C(=O)Nc1ccccc1. The van der Waals surface area contributed by atoms with Crippen molar-refractivity contribution in [3.05, 3.63) is 30.3 Å². The Morgan fingerprint density at radius 3 is 2.33 bits per heavy atom. The standard InChI is InChI=1S/C20H35N7O3/c1-14(2)18(24-13-17(28)23-12-10-21)20(30)27-16(9-6-11-25-22)19(29)26-15-7-4-3-5-8-15/h3-5,7-8,14,16,18,24-25H,6,9-13,21-22H2,1-2H3,(H,23,28)(H,26,29)(H,27,30). The van der Waals surface area contributed by atoms with Crippen LogP contribution in [0, 0.1) is 5.92 Å². The predicted octanol–water partition coefficient (Wildman–Crippen LogP) is -0.957. The van der Waals surface area contributed by atoms with Gasteiger partial charge in [0, 0.05) is 25.3 Å². The number of para-hydroxylation sites is 1. The first kappa shape index (κ1) is 25.5. The quantitative estimate of drug-likeness (QED) is 0.116. The lowest BCUT2D eigenvalue weighted by atomic mass is 10.0. The van der Waals surface area contributed by atoms with E-state index in [1.165, 1.54) is 0 Å². The summed E-state index contributed by atoms with van der Waals surface area (Å²) in [7, 11) is 0. The number of hydrogen-bond donors (Lipinski definition) is 7. The van der Waals surface area contributed by atoms with E-state index in [2.05, 4.69) is 26.7 Å². The number of hydrazine groups is 1. The number of anilines is 1. The number of nitrogens with one attached hydrogen (secondary N) is 5. The maximum absolute atomic E-state index is 12.9. The second-order valence-corrected chi connectivity index (χ2v) is 7.25. The number of amides is 3. The third-order valence-corrected chi connectivity index (χ3v) is 4.39. The van der Waals surface area contributed by atoms with Gasteiger partial charge in [-0.3, -0.25) is 31.0 Å².